The van der Waals surface area contributed by atoms with Crippen molar-refractivity contribution >= 4 is 5.97 Å². The van der Waals surface area contributed by atoms with Crippen LogP contribution in [0.5, 0.6) is 0 Å². The Morgan fingerprint density at radius 1 is 1.62 bits per heavy atom. The van der Waals surface area contributed by atoms with Gasteiger partial charge in [-0.1, -0.05) is 20.8 Å². The molecule has 0 amide bonds. The summed E-state index contributed by atoms with van der Waals surface area (Å²) in [5, 5.41) is 9.00. The van der Waals surface area contributed by atoms with Crippen molar-refractivity contribution in [1.82, 2.24) is 9.55 Å². The Balaban J connectivity index is 2.36. The summed E-state index contributed by atoms with van der Waals surface area (Å²) < 4.78 is 2.11. The third kappa shape index (κ3) is 1.62. The van der Waals surface area contributed by atoms with Crippen LogP contribution in [0.15, 0.2) is 0 Å². The predicted octanol–water partition coefficient (Wildman–Crippen LogP) is 1.83. The molecule has 0 spiro atoms. The first-order chi connectivity index (χ1) is 7.54. The summed E-state index contributed by atoms with van der Waals surface area (Å²) >= 11 is 0. The van der Waals surface area contributed by atoms with Gasteiger partial charge in [-0.3, -0.25) is 4.79 Å². The number of carboxylic acids is 1. The average Bonchev–Trinajstić information content (AvgIpc) is 2.72. The number of aromatic nitrogens is 2. The molecule has 1 aliphatic rings. The van der Waals surface area contributed by atoms with Gasteiger partial charge in [0.25, 0.3) is 0 Å². The highest BCUT2D eigenvalue weighted by Crippen LogP contribution is 2.28. The van der Waals surface area contributed by atoms with Crippen molar-refractivity contribution in [3.8, 4) is 0 Å². The molecule has 4 heteroatoms. The topological polar surface area (TPSA) is 55.1 Å². The van der Waals surface area contributed by atoms with E-state index in [2.05, 4.69) is 30.3 Å². The van der Waals surface area contributed by atoms with Crippen LogP contribution in [-0.2, 0) is 24.2 Å². The van der Waals surface area contributed by atoms with Gasteiger partial charge in [0.15, 0.2) is 0 Å². The molecule has 0 radical (unpaired) electrons. The second-order valence-electron chi connectivity index (χ2n) is 4.72. The Hall–Kier alpha value is -1.32. The van der Waals surface area contributed by atoms with Gasteiger partial charge >= 0.3 is 5.97 Å². The van der Waals surface area contributed by atoms with Crippen LogP contribution >= 0.6 is 0 Å². The second kappa shape index (κ2) is 3.92. The SMILES string of the molecule is CCc1c(C(C)C)nc2n1CC(C(=O)O)C2. The number of carboxylic acid groups (broad SMARTS) is 1. The smallest absolute Gasteiger partial charge is 0.308 e. The van der Waals surface area contributed by atoms with E-state index in [9.17, 15) is 4.79 Å². The van der Waals surface area contributed by atoms with Gasteiger partial charge in [-0.15, -0.1) is 0 Å². The molecule has 88 valence electrons. The molecule has 0 bridgehead atoms. The van der Waals surface area contributed by atoms with Gasteiger partial charge in [0, 0.05) is 18.7 Å². The third-order valence-corrected chi connectivity index (χ3v) is 3.25. The summed E-state index contributed by atoms with van der Waals surface area (Å²) in [4.78, 5) is 15.5. The lowest BCUT2D eigenvalue weighted by molar-refractivity contribution is -0.141. The molecule has 1 aromatic rings. The first-order valence-corrected chi connectivity index (χ1v) is 5.85. The van der Waals surface area contributed by atoms with E-state index >= 15 is 0 Å². The van der Waals surface area contributed by atoms with Crippen LogP contribution in [0, 0.1) is 5.92 Å². The van der Waals surface area contributed by atoms with E-state index in [0.717, 1.165) is 17.9 Å². The van der Waals surface area contributed by atoms with Crippen molar-refractivity contribution in [3.05, 3.63) is 17.2 Å². The minimum absolute atomic E-state index is 0.283. The standard InChI is InChI=1S/C12H18N2O2/c1-4-9-11(7(2)3)13-10-5-8(12(15)16)6-14(9)10/h7-8H,4-6H2,1-3H3,(H,15,16). The fourth-order valence-electron chi connectivity index (χ4n) is 2.43. The van der Waals surface area contributed by atoms with Crippen molar-refractivity contribution in [2.75, 3.05) is 0 Å². The highest BCUT2D eigenvalue weighted by atomic mass is 16.4. The normalized spacial score (nSPS) is 19.1. The molecule has 0 fully saturated rings. The van der Waals surface area contributed by atoms with E-state index in [0.29, 0.717) is 18.9 Å². The second-order valence-corrected chi connectivity index (χ2v) is 4.72. The lowest BCUT2D eigenvalue weighted by Crippen LogP contribution is -2.16. The molecule has 16 heavy (non-hydrogen) atoms. The quantitative estimate of drug-likeness (QED) is 0.848. The summed E-state index contributed by atoms with van der Waals surface area (Å²) in [5.74, 6) is 0.372. The number of imidazole rings is 1. The number of nitrogens with zero attached hydrogens (tertiary/aromatic N) is 2. The van der Waals surface area contributed by atoms with E-state index in [1.54, 1.807) is 0 Å². The fraction of sp³-hybridized carbons (Fsp3) is 0.667. The average molecular weight is 222 g/mol. The number of hydrogen-bond donors (Lipinski definition) is 1. The van der Waals surface area contributed by atoms with Gasteiger partial charge in [-0.25, -0.2) is 4.98 Å². The van der Waals surface area contributed by atoms with E-state index in [1.807, 2.05) is 0 Å². The number of rotatable bonds is 3. The number of aliphatic carboxylic acids is 1. The summed E-state index contributed by atoms with van der Waals surface area (Å²) in [6.07, 6.45) is 1.50. The largest absolute Gasteiger partial charge is 0.481 e. The van der Waals surface area contributed by atoms with Crippen LogP contribution in [0.25, 0.3) is 0 Å². The summed E-state index contributed by atoms with van der Waals surface area (Å²) in [6.45, 7) is 6.95. The third-order valence-electron chi connectivity index (χ3n) is 3.25. The van der Waals surface area contributed by atoms with Crippen LogP contribution in [0.3, 0.4) is 0 Å². The predicted molar refractivity (Wildman–Crippen MR) is 60.5 cm³/mol. The minimum atomic E-state index is -0.710. The molecule has 0 saturated heterocycles. The first-order valence-electron chi connectivity index (χ1n) is 5.85. The van der Waals surface area contributed by atoms with Crippen LogP contribution in [0.2, 0.25) is 0 Å². The van der Waals surface area contributed by atoms with Crippen molar-refractivity contribution in [1.29, 1.82) is 0 Å². The van der Waals surface area contributed by atoms with Crippen LogP contribution < -0.4 is 0 Å². The molecule has 1 N–H and O–H groups in total. The van der Waals surface area contributed by atoms with E-state index in [4.69, 9.17) is 5.11 Å². The molecule has 1 aromatic heterocycles. The maximum absolute atomic E-state index is 10.9. The Kier molecular flexibility index (Phi) is 2.74. The molecule has 2 heterocycles. The fourth-order valence-corrected chi connectivity index (χ4v) is 2.43. The zero-order valence-corrected chi connectivity index (χ0v) is 10.0. The highest BCUT2D eigenvalue weighted by Gasteiger charge is 2.31. The van der Waals surface area contributed by atoms with Gasteiger partial charge in [-0.2, -0.15) is 0 Å². The van der Waals surface area contributed by atoms with E-state index in [1.165, 1.54) is 5.69 Å². The summed E-state index contributed by atoms with van der Waals surface area (Å²) in [7, 11) is 0. The van der Waals surface area contributed by atoms with Crippen LogP contribution in [0.1, 0.15) is 43.9 Å². The molecule has 0 aromatic carbocycles. The van der Waals surface area contributed by atoms with Crippen molar-refractivity contribution in [2.45, 2.75) is 46.1 Å². The molecule has 0 aliphatic carbocycles. The maximum Gasteiger partial charge on any atom is 0.308 e. The Bertz CT molecular complexity index is 421. The summed E-state index contributed by atoms with van der Waals surface area (Å²) in [5.41, 5.74) is 2.36. The molecule has 4 nitrogen and oxygen atoms in total. The zero-order chi connectivity index (χ0) is 11.9. The summed E-state index contributed by atoms with van der Waals surface area (Å²) in [6, 6.07) is 0. The Labute approximate surface area is 95.3 Å². The van der Waals surface area contributed by atoms with Crippen molar-refractivity contribution in [2.24, 2.45) is 5.92 Å². The number of hydrogen-bond acceptors (Lipinski definition) is 2. The van der Waals surface area contributed by atoms with Crippen LogP contribution in [0.4, 0.5) is 0 Å². The highest BCUT2D eigenvalue weighted by molar-refractivity contribution is 5.70. The van der Waals surface area contributed by atoms with Crippen LogP contribution in [-0.4, -0.2) is 20.6 Å². The Morgan fingerprint density at radius 2 is 2.31 bits per heavy atom. The lowest BCUT2D eigenvalue weighted by Gasteiger charge is -2.09. The Morgan fingerprint density at radius 3 is 2.81 bits per heavy atom. The monoisotopic (exact) mass is 222 g/mol. The van der Waals surface area contributed by atoms with Gasteiger partial charge < -0.3 is 9.67 Å². The lowest BCUT2D eigenvalue weighted by atomic mass is 10.1. The maximum atomic E-state index is 10.9. The number of carbonyl (C=O) groups is 1. The van der Waals surface area contributed by atoms with Gasteiger partial charge in [0.05, 0.1) is 11.6 Å². The van der Waals surface area contributed by atoms with E-state index in [-0.39, 0.29) is 5.92 Å². The van der Waals surface area contributed by atoms with Gasteiger partial charge in [0.2, 0.25) is 0 Å². The molecule has 1 atom stereocenters. The first kappa shape index (κ1) is 11.2. The molecule has 1 aliphatic heterocycles. The molecular weight excluding hydrogens is 204 g/mol. The zero-order valence-electron chi connectivity index (χ0n) is 10.0. The molecule has 2 rings (SSSR count). The number of fused-ring (bicyclic) bond motifs is 1. The molecular formula is C12H18N2O2. The van der Waals surface area contributed by atoms with Gasteiger partial charge in [-0.05, 0) is 12.3 Å². The minimum Gasteiger partial charge on any atom is -0.481 e. The van der Waals surface area contributed by atoms with Crippen molar-refractivity contribution < 1.29 is 9.90 Å². The van der Waals surface area contributed by atoms with E-state index < -0.39 is 5.97 Å². The molecule has 1 unspecified atom stereocenters. The van der Waals surface area contributed by atoms with Crippen molar-refractivity contribution in [3.63, 3.8) is 0 Å². The molecule has 0 saturated carbocycles. The van der Waals surface area contributed by atoms with Gasteiger partial charge in [0.1, 0.15) is 5.82 Å².